The molecule has 3 nitrogen and oxygen atoms in total. The number of aryl methyl sites for hydroxylation is 2. The van der Waals surface area contributed by atoms with E-state index < -0.39 is 0 Å². The highest BCUT2D eigenvalue weighted by molar-refractivity contribution is 5.83. The van der Waals surface area contributed by atoms with Crippen LogP contribution in [0.3, 0.4) is 0 Å². The van der Waals surface area contributed by atoms with Crippen molar-refractivity contribution < 1.29 is 4.74 Å². The molecule has 96 valence electrons. The molecular formula is C15H20N2O. The van der Waals surface area contributed by atoms with Crippen LogP contribution in [0.25, 0.3) is 10.9 Å². The molecule has 0 aliphatic heterocycles. The van der Waals surface area contributed by atoms with Gasteiger partial charge in [-0.05, 0) is 63.1 Å². The van der Waals surface area contributed by atoms with Crippen molar-refractivity contribution in [1.82, 2.24) is 4.98 Å². The van der Waals surface area contributed by atoms with E-state index in [-0.39, 0.29) is 0 Å². The first-order valence-corrected chi connectivity index (χ1v) is 6.47. The highest BCUT2D eigenvalue weighted by atomic mass is 16.5. The third kappa shape index (κ3) is 2.79. The van der Waals surface area contributed by atoms with Crippen LogP contribution in [0.4, 0.5) is 0 Å². The maximum absolute atomic E-state index is 5.60. The van der Waals surface area contributed by atoms with Gasteiger partial charge >= 0.3 is 0 Å². The van der Waals surface area contributed by atoms with E-state index in [1.165, 1.54) is 10.9 Å². The van der Waals surface area contributed by atoms with Crippen molar-refractivity contribution in [3.63, 3.8) is 0 Å². The molecule has 1 heterocycles. The van der Waals surface area contributed by atoms with Gasteiger partial charge in [-0.2, -0.15) is 0 Å². The minimum Gasteiger partial charge on any atom is -0.494 e. The van der Waals surface area contributed by atoms with Crippen molar-refractivity contribution >= 4 is 10.9 Å². The van der Waals surface area contributed by atoms with Gasteiger partial charge in [0, 0.05) is 11.1 Å². The van der Waals surface area contributed by atoms with Crippen molar-refractivity contribution in [2.24, 2.45) is 5.73 Å². The average molecular weight is 244 g/mol. The molecule has 18 heavy (non-hydrogen) atoms. The quantitative estimate of drug-likeness (QED) is 0.879. The van der Waals surface area contributed by atoms with E-state index in [1.54, 1.807) is 0 Å². The molecule has 2 rings (SSSR count). The van der Waals surface area contributed by atoms with E-state index >= 15 is 0 Å². The lowest BCUT2D eigenvalue weighted by Crippen LogP contribution is -2.02. The molecule has 0 saturated carbocycles. The molecule has 0 spiro atoms. The van der Waals surface area contributed by atoms with Crippen LogP contribution in [0.15, 0.2) is 24.3 Å². The van der Waals surface area contributed by atoms with Gasteiger partial charge in [0.2, 0.25) is 0 Å². The number of fused-ring (bicyclic) bond motifs is 1. The van der Waals surface area contributed by atoms with E-state index in [1.807, 2.05) is 26.0 Å². The second kappa shape index (κ2) is 5.83. The van der Waals surface area contributed by atoms with Crippen molar-refractivity contribution in [3.05, 3.63) is 35.5 Å². The topological polar surface area (TPSA) is 48.1 Å². The summed E-state index contributed by atoms with van der Waals surface area (Å²) in [5.74, 6) is 0.907. The first-order chi connectivity index (χ1) is 8.74. The van der Waals surface area contributed by atoms with Crippen LogP contribution in [0.1, 0.15) is 24.6 Å². The van der Waals surface area contributed by atoms with Crippen LogP contribution in [0.5, 0.6) is 5.75 Å². The van der Waals surface area contributed by atoms with Gasteiger partial charge in [-0.3, -0.25) is 4.98 Å². The summed E-state index contributed by atoms with van der Waals surface area (Å²) in [5.41, 5.74) is 8.99. The average Bonchev–Trinajstić information content (AvgIpc) is 2.36. The van der Waals surface area contributed by atoms with Gasteiger partial charge in [0.05, 0.1) is 12.1 Å². The maximum atomic E-state index is 5.60. The second-order valence-corrected chi connectivity index (χ2v) is 4.43. The smallest absolute Gasteiger partial charge is 0.120 e. The Labute approximate surface area is 108 Å². The number of nitrogens with zero attached hydrogens (tertiary/aromatic N) is 1. The van der Waals surface area contributed by atoms with Gasteiger partial charge in [-0.25, -0.2) is 0 Å². The molecule has 2 N–H and O–H groups in total. The first kappa shape index (κ1) is 12.8. The molecular weight excluding hydrogens is 224 g/mol. The molecule has 0 aliphatic carbocycles. The number of ether oxygens (including phenoxy) is 1. The van der Waals surface area contributed by atoms with Crippen molar-refractivity contribution in [2.75, 3.05) is 13.2 Å². The molecule has 0 radical (unpaired) electrons. The SMILES string of the molecule is CCOc1ccc2nc(C)cc(CCCN)c2c1. The molecule has 0 bridgehead atoms. The monoisotopic (exact) mass is 244 g/mol. The highest BCUT2D eigenvalue weighted by Crippen LogP contribution is 2.24. The molecule has 1 aromatic heterocycles. The molecule has 0 atom stereocenters. The zero-order chi connectivity index (χ0) is 13.0. The number of rotatable bonds is 5. The van der Waals surface area contributed by atoms with E-state index in [0.29, 0.717) is 13.2 Å². The molecule has 2 aromatic rings. The van der Waals surface area contributed by atoms with E-state index in [0.717, 1.165) is 29.8 Å². The molecule has 0 amide bonds. The standard InChI is InChI=1S/C15H20N2O/c1-3-18-13-6-7-15-14(10-13)12(5-4-8-16)9-11(2)17-15/h6-7,9-10H,3-5,8,16H2,1-2H3. The number of pyridine rings is 1. The van der Waals surface area contributed by atoms with Crippen LogP contribution < -0.4 is 10.5 Å². The minimum atomic E-state index is 0.683. The molecule has 0 unspecified atom stereocenters. The Hall–Kier alpha value is -1.61. The van der Waals surface area contributed by atoms with Gasteiger partial charge < -0.3 is 10.5 Å². The summed E-state index contributed by atoms with van der Waals surface area (Å²) in [6, 6.07) is 8.23. The summed E-state index contributed by atoms with van der Waals surface area (Å²) in [6.07, 6.45) is 1.99. The number of aromatic nitrogens is 1. The Kier molecular flexibility index (Phi) is 4.15. The van der Waals surface area contributed by atoms with E-state index in [4.69, 9.17) is 10.5 Å². The number of hydrogen-bond donors (Lipinski definition) is 1. The Balaban J connectivity index is 2.47. The lowest BCUT2D eigenvalue weighted by atomic mass is 10.0. The Morgan fingerprint density at radius 2 is 2.11 bits per heavy atom. The van der Waals surface area contributed by atoms with Crippen LogP contribution in [0, 0.1) is 6.92 Å². The number of nitrogens with two attached hydrogens (primary N) is 1. The summed E-state index contributed by atoms with van der Waals surface area (Å²) in [6.45, 7) is 5.42. The van der Waals surface area contributed by atoms with Crippen LogP contribution in [-0.2, 0) is 6.42 Å². The minimum absolute atomic E-state index is 0.683. The van der Waals surface area contributed by atoms with E-state index in [9.17, 15) is 0 Å². The highest BCUT2D eigenvalue weighted by Gasteiger charge is 2.05. The largest absolute Gasteiger partial charge is 0.494 e. The summed E-state index contributed by atoms with van der Waals surface area (Å²) in [5, 5.41) is 1.18. The zero-order valence-corrected chi connectivity index (χ0v) is 11.1. The molecule has 0 saturated heterocycles. The predicted molar refractivity (Wildman–Crippen MR) is 75.0 cm³/mol. The molecule has 0 aliphatic rings. The van der Waals surface area contributed by atoms with Gasteiger partial charge in [-0.1, -0.05) is 0 Å². The Morgan fingerprint density at radius 3 is 2.83 bits per heavy atom. The molecule has 1 aromatic carbocycles. The van der Waals surface area contributed by atoms with Crippen molar-refractivity contribution in [1.29, 1.82) is 0 Å². The number of benzene rings is 1. The van der Waals surface area contributed by atoms with Crippen LogP contribution in [-0.4, -0.2) is 18.1 Å². The summed E-state index contributed by atoms with van der Waals surface area (Å²) in [4.78, 5) is 4.56. The summed E-state index contributed by atoms with van der Waals surface area (Å²) >= 11 is 0. The normalized spacial score (nSPS) is 10.8. The fraction of sp³-hybridized carbons (Fsp3) is 0.400. The van der Waals surface area contributed by atoms with Crippen molar-refractivity contribution in [2.45, 2.75) is 26.7 Å². The Morgan fingerprint density at radius 1 is 1.28 bits per heavy atom. The maximum Gasteiger partial charge on any atom is 0.120 e. The third-order valence-corrected chi connectivity index (χ3v) is 2.96. The van der Waals surface area contributed by atoms with E-state index in [2.05, 4.69) is 17.1 Å². The third-order valence-electron chi connectivity index (χ3n) is 2.96. The van der Waals surface area contributed by atoms with Gasteiger partial charge in [-0.15, -0.1) is 0 Å². The zero-order valence-electron chi connectivity index (χ0n) is 11.1. The van der Waals surface area contributed by atoms with Gasteiger partial charge in [0.15, 0.2) is 0 Å². The first-order valence-electron chi connectivity index (χ1n) is 6.47. The van der Waals surface area contributed by atoms with Gasteiger partial charge in [0.25, 0.3) is 0 Å². The Bertz CT molecular complexity index is 537. The van der Waals surface area contributed by atoms with Crippen LogP contribution >= 0.6 is 0 Å². The number of hydrogen-bond acceptors (Lipinski definition) is 3. The fourth-order valence-electron chi connectivity index (χ4n) is 2.18. The fourth-order valence-corrected chi connectivity index (χ4v) is 2.18. The van der Waals surface area contributed by atoms with Gasteiger partial charge in [0.1, 0.15) is 5.75 Å². The van der Waals surface area contributed by atoms with Crippen LogP contribution in [0.2, 0.25) is 0 Å². The predicted octanol–water partition coefficient (Wildman–Crippen LogP) is 2.83. The lowest BCUT2D eigenvalue weighted by molar-refractivity contribution is 0.340. The molecule has 0 fully saturated rings. The lowest BCUT2D eigenvalue weighted by Gasteiger charge is -2.10. The second-order valence-electron chi connectivity index (χ2n) is 4.43. The van der Waals surface area contributed by atoms with Crippen molar-refractivity contribution in [3.8, 4) is 5.75 Å². The summed E-state index contributed by atoms with van der Waals surface area (Å²) in [7, 11) is 0. The summed E-state index contributed by atoms with van der Waals surface area (Å²) < 4.78 is 5.55. The molecule has 3 heteroatoms.